The molecule has 0 aliphatic carbocycles. The Bertz CT molecular complexity index is 429. The van der Waals surface area contributed by atoms with Crippen molar-refractivity contribution < 1.29 is 14.3 Å². The SMILES string of the molecule is CCOC(=O)C(=O)CCCCSc1cccc(C)c1. The second-order valence-electron chi connectivity index (χ2n) is 4.27. The summed E-state index contributed by atoms with van der Waals surface area (Å²) in [4.78, 5) is 23.7. The Hall–Kier alpha value is -1.29. The highest BCUT2D eigenvalue weighted by molar-refractivity contribution is 7.99. The number of carbonyl (C=O) groups is 2. The van der Waals surface area contributed by atoms with Gasteiger partial charge < -0.3 is 4.74 Å². The molecule has 0 spiro atoms. The third-order valence-electron chi connectivity index (χ3n) is 2.56. The number of benzene rings is 1. The van der Waals surface area contributed by atoms with Gasteiger partial charge in [0.1, 0.15) is 0 Å². The van der Waals surface area contributed by atoms with E-state index in [0.717, 1.165) is 18.6 Å². The number of aryl methyl sites for hydroxylation is 1. The number of ether oxygens (including phenoxy) is 1. The predicted octanol–water partition coefficient (Wildman–Crippen LogP) is 3.39. The van der Waals surface area contributed by atoms with E-state index in [1.807, 2.05) is 6.07 Å². The van der Waals surface area contributed by atoms with Gasteiger partial charge >= 0.3 is 5.97 Å². The van der Waals surface area contributed by atoms with Gasteiger partial charge in [0.15, 0.2) is 0 Å². The quantitative estimate of drug-likeness (QED) is 0.317. The van der Waals surface area contributed by atoms with E-state index in [2.05, 4.69) is 29.9 Å². The summed E-state index contributed by atoms with van der Waals surface area (Å²) in [6.45, 7) is 4.03. The Morgan fingerprint density at radius 1 is 1.26 bits per heavy atom. The summed E-state index contributed by atoms with van der Waals surface area (Å²) in [7, 11) is 0. The van der Waals surface area contributed by atoms with Crippen LogP contribution in [0.3, 0.4) is 0 Å². The molecule has 1 aromatic rings. The summed E-state index contributed by atoms with van der Waals surface area (Å²) in [5.41, 5.74) is 1.25. The predicted molar refractivity (Wildman–Crippen MR) is 77.4 cm³/mol. The summed E-state index contributed by atoms with van der Waals surface area (Å²) in [5, 5.41) is 0. The number of hydrogen-bond acceptors (Lipinski definition) is 4. The monoisotopic (exact) mass is 280 g/mol. The molecule has 104 valence electrons. The van der Waals surface area contributed by atoms with Crippen molar-refractivity contribution in [2.24, 2.45) is 0 Å². The van der Waals surface area contributed by atoms with Crippen molar-refractivity contribution in [2.75, 3.05) is 12.4 Å². The first-order valence-corrected chi connectivity index (χ1v) is 7.51. The molecular formula is C15H20O3S. The van der Waals surface area contributed by atoms with Crippen molar-refractivity contribution >= 4 is 23.5 Å². The number of esters is 1. The van der Waals surface area contributed by atoms with Crippen LogP contribution in [-0.4, -0.2) is 24.1 Å². The topological polar surface area (TPSA) is 43.4 Å². The molecule has 1 rings (SSSR count). The fourth-order valence-electron chi connectivity index (χ4n) is 1.60. The lowest BCUT2D eigenvalue weighted by molar-refractivity contribution is -0.153. The second-order valence-corrected chi connectivity index (χ2v) is 5.43. The van der Waals surface area contributed by atoms with Crippen LogP contribution in [-0.2, 0) is 14.3 Å². The number of ketones is 1. The van der Waals surface area contributed by atoms with Gasteiger partial charge in [0.25, 0.3) is 0 Å². The molecule has 0 unspecified atom stereocenters. The van der Waals surface area contributed by atoms with Crippen molar-refractivity contribution in [2.45, 2.75) is 38.0 Å². The maximum Gasteiger partial charge on any atom is 0.374 e. The molecule has 0 fully saturated rings. The zero-order chi connectivity index (χ0) is 14.1. The molecule has 0 radical (unpaired) electrons. The highest BCUT2D eigenvalue weighted by atomic mass is 32.2. The van der Waals surface area contributed by atoms with E-state index in [1.54, 1.807) is 18.7 Å². The van der Waals surface area contributed by atoms with Crippen LogP contribution >= 0.6 is 11.8 Å². The number of carbonyl (C=O) groups excluding carboxylic acids is 2. The van der Waals surface area contributed by atoms with Crippen LogP contribution in [0.5, 0.6) is 0 Å². The van der Waals surface area contributed by atoms with Gasteiger partial charge in [-0.25, -0.2) is 4.79 Å². The highest BCUT2D eigenvalue weighted by Gasteiger charge is 2.13. The average Bonchev–Trinajstić information content (AvgIpc) is 2.38. The van der Waals surface area contributed by atoms with Crippen LogP contribution in [0, 0.1) is 6.92 Å². The molecule has 19 heavy (non-hydrogen) atoms. The van der Waals surface area contributed by atoms with E-state index < -0.39 is 11.8 Å². The number of thioether (sulfide) groups is 1. The number of unbranched alkanes of at least 4 members (excludes halogenated alkanes) is 1. The van der Waals surface area contributed by atoms with Gasteiger partial charge in [-0.15, -0.1) is 11.8 Å². The standard InChI is InChI=1S/C15H20O3S/c1-3-18-15(17)14(16)9-4-5-10-19-13-8-6-7-12(2)11-13/h6-8,11H,3-5,9-10H2,1-2H3. The molecule has 0 N–H and O–H groups in total. The molecule has 0 saturated carbocycles. The molecule has 1 aromatic carbocycles. The van der Waals surface area contributed by atoms with Gasteiger partial charge in [0.2, 0.25) is 5.78 Å². The third-order valence-corrected chi connectivity index (χ3v) is 3.64. The number of hydrogen-bond donors (Lipinski definition) is 0. The fourth-order valence-corrected chi connectivity index (χ4v) is 2.62. The van der Waals surface area contributed by atoms with Crippen molar-refractivity contribution in [3.8, 4) is 0 Å². The molecule has 0 aliphatic heterocycles. The summed E-state index contributed by atoms with van der Waals surface area (Å²) in [6.07, 6.45) is 1.94. The fraction of sp³-hybridized carbons (Fsp3) is 0.467. The van der Waals surface area contributed by atoms with E-state index in [-0.39, 0.29) is 13.0 Å². The molecule has 4 heteroatoms. The van der Waals surface area contributed by atoms with Crippen LogP contribution in [0.4, 0.5) is 0 Å². The van der Waals surface area contributed by atoms with E-state index in [0.29, 0.717) is 0 Å². The van der Waals surface area contributed by atoms with Crippen molar-refractivity contribution in [3.05, 3.63) is 29.8 Å². The Morgan fingerprint density at radius 2 is 2.05 bits per heavy atom. The molecule has 3 nitrogen and oxygen atoms in total. The zero-order valence-corrected chi connectivity index (χ0v) is 12.3. The Balaban J connectivity index is 2.14. The van der Waals surface area contributed by atoms with Crippen LogP contribution in [0.25, 0.3) is 0 Å². The Labute approximate surface area is 118 Å². The van der Waals surface area contributed by atoms with Crippen molar-refractivity contribution in [1.29, 1.82) is 0 Å². The smallest absolute Gasteiger partial charge is 0.374 e. The summed E-state index contributed by atoms with van der Waals surface area (Å²) >= 11 is 1.78. The second kappa shape index (κ2) is 8.75. The van der Waals surface area contributed by atoms with Gasteiger partial charge in [-0.05, 0) is 44.6 Å². The molecule has 0 aliphatic rings. The zero-order valence-electron chi connectivity index (χ0n) is 11.5. The number of Topliss-reactive ketones (excluding diaryl/α,β-unsaturated/α-hetero) is 1. The lowest BCUT2D eigenvalue weighted by Gasteiger charge is -2.03. The van der Waals surface area contributed by atoms with Gasteiger partial charge in [0, 0.05) is 11.3 Å². The molecular weight excluding hydrogens is 260 g/mol. The van der Waals surface area contributed by atoms with Crippen LogP contribution < -0.4 is 0 Å². The molecule has 0 saturated heterocycles. The molecule has 0 aromatic heterocycles. The molecule has 0 bridgehead atoms. The van der Waals surface area contributed by atoms with Crippen LogP contribution in [0.1, 0.15) is 31.7 Å². The Kier molecular flexibility index (Phi) is 7.26. The normalized spacial score (nSPS) is 10.2. The van der Waals surface area contributed by atoms with Crippen LogP contribution in [0.15, 0.2) is 29.2 Å². The lowest BCUT2D eigenvalue weighted by atomic mass is 10.2. The van der Waals surface area contributed by atoms with E-state index in [9.17, 15) is 9.59 Å². The maximum absolute atomic E-state index is 11.3. The van der Waals surface area contributed by atoms with Gasteiger partial charge in [-0.3, -0.25) is 4.79 Å². The van der Waals surface area contributed by atoms with E-state index in [4.69, 9.17) is 0 Å². The summed E-state index contributed by atoms with van der Waals surface area (Å²) in [5.74, 6) is -0.157. The highest BCUT2D eigenvalue weighted by Crippen LogP contribution is 2.20. The van der Waals surface area contributed by atoms with E-state index >= 15 is 0 Å². The average molecular weight is 280 g/mol. The van der Waals surface area contributed by atoms with Crippen molar-refractivity contribution in [1.82, 2.24) is 0 Å². The Morgan fingerprint density at radius 3 is 2.74 bits per heavy atom. The largest absolute Gasteiger partial charge is 0.460 e. The van der Waals surface area contributed by atoms with Crippen molar-refractivity contribution in [3.63, 3.8) is 0 Å². The molecule has 0 heterocycles. The first kappa shape index (κ1) is 15.8. The minimum absolute atomic E-state index is 0.258. The van der Waals surface area contributed by atoms with Crippen LogP contribution in [0.2, 0.25) is 0 Å². The molecule has 0 atom stereocenters. The first-order chi connectivity index (χ1) is 9.13. The maximum atomic E-state index is 11.3. The van der Waals surface area contributed by atoms with Gasteiger partial charge in [-0.2, -0.15) is 0 Å². The summed E-state index contributed by atoms with van der Waals surface area (Å²) < 4.78 is 4.65. The molecule has 0 amide bonds. The third kappa shape index (κ3) is 6.43. The van der Waals surface area contributed by atoms with Gasteiger partial charge in [0.05, 0.1) is 6.61 Å². The van der Waals surface area contributed by atoms with E-state index in [1.165, 1.54) is 10.5 Å². The lowest BCUT2D eigenvalue weighted by Crippen LogP contribution is -2.16. The minimum Gasteiger partial charge on any atom is -0.460 e. The summed E-state index contributed by atoms with van der Waals surface area (Å²) in [6, 6.07) is 8.35. The van der Waals surface area contributed by atoms with Gasteiger partial charge in [-0.1, -0.05) is 17.7 Å². The minimum atomic E-state index is -0.700. The number of rotatable bonds is 8. The first-order valence-electron chi connectivity index (χ1n) is 6.53.